The molecule has 0 aliphatic heterocycles. The van der Waals surface area contributed by atoms with Gasteiger partial charge in [0.25, 0.3) is 0 Å². The average molecular weight is 364 g/mol. The largest absolute Gasteiger partial charge is 0.395 e. The van der Waals surface area contributed by atoms with E-state index in [2.05, 4.69) is 37.4 Å². The Bertz CT molecular complexity index is 982. The average Bonchev–Trinajstić information content (AvgIpc) is 3.07. The van der Waals surface area contributed by atoms with Gasteiger partial charge in [-0.2, -0.15) is 0 Å². The first-order chi connectivity index (χ1) is 12.9. The van der Waals surface area contributed by atoms with Gasteiger partial charge >= 0.3 is 0 Å². The lowest BCUT2D eigenvalue weighted by Gasteiger charge is -2.24. The normalized spacial score (nSPS) is 20.1. The Morgan fingerprint density at radius 1 is 1.07 bits per heavy atom. The van der Waals surface area contributed by atoms with Crippen molar-refractivity contribution in [2.75, 3.05) is 11.1 Å². The van der Waals surface area contributed by atoms with E-state index in [9.17, 15) is 0 Å². The number of nitrogens with zero attached hydrogens (tertiary/aromatic N) is 3. The van der Waals surface area contributed by atoms with E-state index in [1.165, 1.54) is 11.1 Å². The maximum Gasteiger partial charge on any atom is 0.177 e. The van der Waals surface area contributed by atoms with E-state index in [4.69, 9.17) is 21.5 Å². The zero-order valence-electron chi connectivity index (χ0n) is 16.3. The molecule has 0 radical (unpaired) electrons. The number of imidazole rings is 1. The zero-order valence-corrected chi connectivity index (χ0v) is 16.3. The van der Waals surface area contributed by atoms with Gasteiger partial charge in [-0.15, -0.1) is 5.10 Å². The predicted molar refractivity (Wildman–Crippen MR) is 111 cm³/mol. The highest BCUT2D eigenvalue weighted by atomic mass is 15.3. The van der Waals surface area contributed by atoms with Gasteiger partial charge in [0.2, 0.25) is 0 Å². The van der Waals surface area contributed by atoms with E-state index in [1.807, 2.05) is 17.6 Å². The second kappa shape index (κ2) is 6.85. The smallest absolute Gasteiger partial charge is 0.177 e. The molecule has 0 saturated heterocycles. The molecule has 1 aliphatic carbocycles. The number of hydrogen-bond donors (Lipinski definition) is 3. The highest BCUT2D eigenvalue weighted by Gasteiger charge is 2.23. The van der Waals surface area contributed by atoms with Crippen LogP contribution >= 0.6 is 0 Å². The molecule has 0 amide bonds. The fourth-order valence-electron chi connectivity index (χ4n) is 3.81. The van der Waals surface area contributed by atoms with Crippen LogP contribution in [0.3, 0.4) is 0 Å². The van der Waals surface area contributed by atoms with Crippen LogP contribution in [-0.2, 0) is 0 Å². The molecule has 5 N–H and O–H groups in total. The summed E-state index contributed by atoms with van der Waals surface area (Å²) in [6.07, 6.45) is 6.30. The van der Waals surface area contributed by atoms with E-state index in [-0.39, 0.29) is 0 Å². The molecule has 142 valence electrons. The third kappa shape index (κ3) is 3.37. The van der Waals surface area contributed by atoms with Crippen molar-refractivity contribution in [1.29, 1.82) is 0 Å². The summed E-state index contributed by atoms with van der Waals surface area (Å²) in [7, 11) is 0. The van der Waals surface area contributed by atoms with Gasteiger partial charge < -0.3 is 16.8 Å². The Balaban J connectivity index is 1.68. The lowest BCUT2D eigenvalue weighted by molar-refractivity contribution is 0.391. The summed E-state index contributed by atoms with van der Waals surface area (Å²) >= 11 is 0. The number of aromatic nitrogens is 3. The van der Waals surface area contributed by atoms with Crippen molar-refractivity contribution < 1.29 is 0 Å². The number of aryl methyl sites for hydroxylation is 2. The van der Waals surface area contributed by atoms with Crippen molar-refractivity contribution >= 4 is 22.8 Å². The molecule has 1 fully saturated rings. The first-order valence-electron chi connectivity index (χ1n) is 9.67. The molecule has 6 heteroatoms. The number of nitrogens with two attached hydrogens (primary N) is 2. The monoisotopic (exact) mass is 364 g/mol. The van der Waals surface area contributed by atoms with Crippen LogP contribution < -0.4 is 16.8 Å². The van der Waals surface area contributed by atoms with E-state index < -0.39 is 0 Å². The SMILES string of the molecule is Cc1ccc(Nc2nn3cc([C@H]4CC[C@H](N)CC4)nc3c(N)c2C)cc1C. The van der Waals surface area contributed by atoms with Crippen LogP contribution in [0.2, 0.25) is 0 Å². The van der Waals surface area contributed by atoms with Gasteiger partial charge in [-0.3, -0.25) is 0 Å². The van der Waals surface area contributed by atoms with Gasteiger partial charge in [0.15, 0.2) is 11.5 Å². The Labute approximate surface area is 160 Å². The Hall–Kier alpha value is -2.60. The molecular formula is C21H28N6. The van der Waals surface area contributed by atoms with Crippen LogP contribution in [0, 0.1) is 20.8 Å². The molecule has 3 aromatic rings. The summed E-state index contributed by atoms with van der Waals surface area (Å²) in [5.74, 6) is 1.21. The summed E-state index contributed by atoms with van der Waals surface area (Å²) in [6.45, 7) is 6.20. The van der Waals surface area contributed by atoms with E-state index in [0.29, 0.717) is 17.6 Å². The van der Waals surface area contributed by atoms with Crippen molar-refractivity contribution in [3.63, 3.8) is 0 Å². The van der Waals surface area contributed by atoms with E-state index >= 15 is 0 Å². The standard InChI is InChI=1S/C21H28N6/c1-12-4-9-17(10-13(12)2)24-20-14(3)19(23)21-25-18(11-27(21)26-20)15-5-7-16(22)8-6-15/h4,9-11,15-16H,5-8,22-23H2,1-3H3,(H,24,26)/t15-,16-. The minimum Gasteiger partial charge on any atom is -0.395 e. The first kappa shape index (κ1) is 17.8. The number of anilines is 3. The number of rotatable bonds is 3. The lowest BCUT2D eigenvalue weighted by Crippen LogP contribution is -2.25. The van der Waals surface area contributed by atoms with E-state index in [0.717, 1.165) is 54.1 Å². The summed E-state index contributed by atoms with van der Waals surface area (Å²) in [6, 6.07) is 6.63. The Morgan fingerprint density at radius 2 is 1.81 bits per heavy atom. The summed E-state index contributed by atoms with van der Waals surface area (Å²) in [4.78, 5) is 4.80. The molecule has 0 spiro atoms. The number of nitrogens with one attached hydrogen (secondary N) is 1. The third-order valence-corrected chi connectivity index (χ3v) is 5.87. The van der Waals surface area contributed by atoms with Crippen LogP contribution in [0.1, 0.15) is 54.0 Å². The second-order valence-corrected chi connectivity index (χ2v) is 7.86. The van der Waals surface area contributed by atoms with Gasteiger partial charge in [0.1, 0.15) is 0 Å². The molecule has 2 heterocycles. The molecule has 0 bridgehead atoms. The quantitative estimate of drug-likeness (QED) is 0.654. The summed E-state index contributed by atoms with van der Waals surface area (Å²) in [5, 5.41) is 8.16. The van der Waals surface area contributed by atoms with Crippen molar-refractivity contribution in [1.82, 2.24) is 14.6 Å². The molecule has 0 atom stereocenters. The number of nitrogen functional groups attached to an aromatic ring is 1. The fourth-order valence-corrected chi connectivity index (χ4v) is 3.81. The Kier molecular flexibility index (Phi) is 4.52. The second-order valence-electron chi connectivity index (χ2n) is 7.86. The highest BCUT2D eigenvalue weighted by Crippen LogP contribution is 2.33. The van der Waals surface area contributed by atoms with Crippen molar-refractivity contribution in [3.05, 3.63) is 46.8 Å². The molecule has 1 aliphatic rings. The maximum atomic E-state index is 6.41. The highest BCUT2D eigenvalue weighted by molar-refractivity contribution is 5.75. The van der Waals surface area contributed by atoms with Crippen molar-refractivity contribution in [2.24, 2.45) is 5.73 Å². The number of benzene rings is 1. The van der Waals surface area contributed by atoms with Crippen molar-refractivity contribution in [2.45, 2.75) is 58.4 Å². The number of hydrogen-bond acceptors (Lipinski definition) is 5. The van der Waals surface area contributed by atoms with Gasteiger partial charge in [0.05, 0.1) is 17.6 Å². The van der Waals surface area contributed by atoms with Crippen LogP contribution in [0.4, 0.5) is 17.2 Å². The minimum absolute atomic E-state index is 0.331. The predicted octanol–water partition coefficient (Wildman–Crippen LogP) is 3.97. The van der Waals surface area contributed by atoms with Gasteiger partial charge in [-0.1, -0.05) is 6.07 Å². The number of fused-ring (bicyclic) bond motifs is 1. The molecule has 0 unspecified atom stereocenters. The fraction of sp³-hybridized carbons (Fsp3) is 0.429. The van der Waals surface area contributed by atoms with Crippen molar-refractivity contribution in [3.8, 4) is 0 Å². The molecule has 1 saturated carbocycles. The molecule has 27 heavy (non-hydrogen) atoms. The zero-order chi connectivity index (χ0) is 19.1. The van der Waals surface area contributed by atoms with Crippen LogP contribution in [0.25, 0.3) is 5.65 Å². The molecular weight excluding hydrogens is 336 g/mol. The minimum atomic E-state index is 0.331. The van der Waals surface area contributed by atoms with Crippen LogP contribution in [-0.4, -0.2) is 20.6 Å². The Morgan fingerprint density at radius 3 is 2.52 bits per heavy atom. The van der Waals surface area contributed by atoms with Gasteiger partial charge in [-0.25, -0.2) is 9.50 Å². The topological polar surface area (TPSA) is 94.3 Å². The van der Waals surface area contributed by atoms with E-state index in [1.54, 1.807) is 0 Å². The summed E-state index contributed by atoms with van der Waals surface area (Å²) < 4.78 is 1.82. The maximum absolute atomic E-state index is 6.41. The first-order valence-corrected chi connectivity index (χ1v) is 9.67. The molecule has 1 aromatic carbocycles. The molecule has 2 aromatic heterocycles. The molecule has 6 nitrogen and oxygen atoms in total. The van der Waals surface area contributed by atoms with Crippen LogP contribution in [0.5, 0.6) is 0 Å². The lowest BCUT2D eigenvalue weighted by atomic mass is 9.85. The van der Waals surface area contributed by atoms with Crippen LogP contribution in [0.15, 0.2) is 24.4 Å². The summed E-state index contributed by atoms with van der Waals surface area (Å²) in [5.41, 5.74) is 19.4. The van der Waals surface area contributed by atoms with Gasteiger partial charge in [-0.05, 0) is 69.7 Å². The van der Waals surface area contributed by atoms with Gasteiger partial charge in [0, 0.05) is 23.2 Å². The molecule has 4 rings (SSSR count). The third-order valence-electron chi connectivity index (χ3n) is 5.87.